The molecule has 0 aliphatic rings. The van der Waals surface area contributed by atoms with Gasteiger partial charge in [0.2, 0.25) is 0 Å². The first kappa shape index (κ1) is 12.3. The van der Waals surface area contributed by atoms with Gasteiger partial charge in [0.25, 0.3) is 0 Å². The van der Waals surface area contributed by atoms with Crippen LogP contribution in [0, 0.1) is 0 Å². The van der Waals surface area contributed by atoms with Gasteiger partial charge in [-0.25, -0.2) is 0 Å². The smallest absolute Gasteiger partial charge is 0.0340 e. The Balaban J connectivity index is 4.23. The van der Waals surface area contributed by atoms with Gasteiger partial charge < -0.3 is 5.73 Å². The van der Waals surface area contributed by atoms with Crippen LogP contribution in [-0.4, -0.2) is 0 Å². The van der Waals surface area contributed by atoms with Crippen molar-refractivity contribution in [1.29, 1.82) is 0 Å². The molecule has 74 valence electrons. The van der Waals surface area contributed by atoms with Crippen molar-refractivity contribution in [2.24, 2.45) is 5.73 Å². The van der Waals surface area contributed by atoms with Crippen molar-refractivity contribution >= 4 is 11.6 Å². The molecule has 0 bridgehead atoms. The second kappa shape index (κ2) is 6.79. The lowest BCUT2D eigenvalue weighted by Crippen LogP contribution is -1.98. The number of hydrogen-bond acceptors (Lipinski definition) is 1. The summed E-state index contributed by atoms with van der Waals surface area (Å²) in [5.41, 5.74) is 7.41. The standard InChI is InChI=1S/C11H18ClN/c1-4-6-10(12)7-8-11(13)9(3)5-2/h7-8H,3-6,13H2,1-2H3/b10-7+,11-8+. The highest BCUT2D eigenvalue weighted by Crippen LogP contribution is 2.11. The molecule has 0 aliphatic heterocycles. The summed E-state index contributed by atoms with van der Waals surface area (Å²) in [5.74, 6) is 0. The molecule has 0 fully saturated rings. The van der Waals surface area contributed by atoms with Crippen molar-refractivity contribution < 1.29 is 0 Å². The van der Waals surface area contributed by atoms with Gasteiger partial charge in [0.15, 0.2) is 0 Å². The average molecular weight is 200 g/mol. The second-order valence-electron chi connectivity index (χ2n) is 2.94. The van der Waals surface area contributed by atoms with Crippen molar-refractivity contribution in [3.63, 3.8) is 0 Å². The molecule has 0 aromatic rings. The number of halogens is 1. The van der Waals surface area contributed by atoms with E-state index in [1.54, 1.807) is 0 Å². The van der Waals surface area contributed by atoms with Gasteiger partial charge >= 0.3 is 0 Å². The van der Waals surface area contributed by atoms with Crippen LogP contribution in [-0.2, 0) is 0 Å². The third kappa shape index (κ3) is 5.53. The van der Waals surface area contributed by atoms with E-state index in [4.69, 9.17) is 17.3 Å². The summed E-state index contributed by atoms with van der Waals surface area (Å²) in [7, 11) is 0. The van der Waals surface area contributed by atoms with E-state index in [2.05, 4.69) is 13.5 Å². The highest BCUT2D eigenvalue weighted by Gasteiger charge is 1.93. The Labute approximate surface area is 86.0 Å². The van der Waals surface area contributed by atoms with E-state index in [1.165, 1.54) is 0 Å². The molecule has 2 N–H and O–H groups in total. The zero-order valence-corrected chi connectivity index (χ0v) is 9.19. The molecule has 2 heteroatoms. The molecule has 1 nitrogen and oxygen atoms in total. The van der Waals surface area contributed by atoms with Crippen LogP contribution in [0.2, 0.25) is 0 Å². The number of hydrogen-bond donors (Lipinski definition) is 1. The van der Waals surface area contributed by atoms with Crippen molar-refractivity contribution in [3.05, 3.63) is 35.0 Å². The van der Waals surface area contributed by atoms with E-state index in [0.717, 1.165) is 35.6 Å². The van der Waals surface area contributed by atoms with Gasteiger partial charge in [-0.3, -0.25) is 0 Å². The molecule has 0 spiro atoms. The number of rotatable bonds is 5. The average Bonchev–Trinajstić information content (AvgIpc) is 2.13. The molecular weight excluding hydrogens is 182 g/mol. The molecule has 0 saturated carbocycles. The zero-order valence-electron chi connectivity index (χ0n) is 8.44. The third-order valence-electron chi connectivity index (χ3n) is 1.77. The highest BCUT2D eigenvalue weighted by molar-refractivity contribution is 6.29. The van der Waals surface area contributed by atoms with Gasteiger partial charge in [-0.15, -0.1) is 0 Å². The fraction of sp³-hybridized carbons (Fsp3) is 0.455. The minimum absolute atomic E-state index is 0.719. The zero-order chi connectivity index (χ0) is 10.3. The summed E-state index contributed by atoms with van der Waals surface area (Å²) >= 11 is 5.90. The van der Waals surface area contributed by atoms with E-state index in [-0.39, 0.29) is 0 Å². The monoisotopic (exact) mass is 199 g/mol. The molecular formula is C11H18ClN. The summed E-state index contributed by atoms with van der Waals surface area (Å²) in [4.78, 5) is 0. The minimum Gasteiger partial charge on any atom is -0.399 e. The van der Waals surface area contributed by atoms with E-state index in [0.29, 0.717) is 0 Å². The summed E-state index contributed by atoms with van der Waals surface area (Å²) in [6.45, 7) is 7.95. The molecule has 0 heterocycles. The van der Waals surface area contributed by atoms with Crippen LogP contribution in [0.5, 0.6) is 0 Å². The SMILES string of the molecule is C=C(CC)/C(N)=C\C=C(\Cl)CCC. The largest absolute Gasteiger partial charge is 0.399 e. The van der Waals surface area contributed by atoms with Crippen LogP contribution < -0.4 is 5.73 Å². The Bertz CT molecular complexity index is 226. The molecule has 0 aliphatic carbocycles. The molecule has 0 unspecified atom stereocenters. The van der Waals surface area contributed by atoms with Crippen LogP contribution in [0.4, 0.5) is 0 Å². The lowest BCUT2D eigenvalue weighted by atomic mass is 10.1. The first-order chi connectivity index (χ1) is 6.11. The van der Waals surface area contributed by atoms with Gasteiger partial charge in [0, 0.05) is 10.7 Å². The van der Waals surface area contributed by atoms with E-state index < -0.39 is 0 Å². The molecule has 0 saturated heterocycles. The Kier molecular flexibility index (Phi) is 6.43. The lowest BCUT2D eigenvalue weighted by molar-refractivity contribution is 0.944. The first-order valence-electron chi connectivity index (χ1n) is 4.61. The second-order valence-corrected chi connectivity index (χ2v) is 3.43. The van der Waals surface area contributed by atoms with Gasteiger partial charge in [-0.05, 0) is 30.6 Å². The van der Waals surface area contributed by atoms with Crippen molar-refractivity contribution in [2.75, 3.05) is 0 Å². The fourth-order valence-corrected chi connectivity index (χ4v) is 1.08. The molecule has 0 aromatic heterocycles. The Morgan fingerprint density at radius 2 is 2.00 bits per heavy atom. The van der Waals surface area contributed by atoms with Crippen LogP contribution >= 0.6 is 11.6 Å². The Morgan fingerprint density at radius 1 is 1.38 bits per heavy atom. The molecule has 0 aromatic carbocycles. The first-order valence-corrected chi connectivity index (χ1v) is 4.99. The van der Waals surface area contributed by atoms with Crippen LogP contribution in [0.3, 0.4) is 0 Å². The maximum Gasteiger partial charge on any atom is 0.0340 e. The Hall–Kier alpha value is -0.690. The van der Waals surface area contributed by atoms with Crippen molar-refractivity contribution in [1.82, 2.24) is 0 Å². The predicted molar refractivity (Wildman–Crippen MR) is 60.5 cm³/mol. The normalized spacial score (nSPS) is 13.2. The van der Waals surface area contributed by atoms with Gasteiger partial charge in [-0.2, -0.15) is 0 Å². The quantitative estimate of drug-likeness (QED) is 0.672. The van der Waals surface area contributed by atoms with Crippen LogP contribution in [0.15, 0.2) is 35.0 Å². The number of nitrogens with two attached hydrogens (primary N) is 1. The molecule has 0 amide bonds. The van der Waals surface area contributed by atoms with Crippen molar-refractivity contribution in [2.45, 2.75) is 33.1 Å². The van der Waals surface area contributed by atoms with Gasteiger partial charge in [0.05, 0.1) is 0 Å². The fourth-order valence-electron chi connectivity index (χ4n) is 0.824. The topological polar surface area (TPSA) is 26.0 Å². The summed E-state index contributed by atoms with van der Waals surface area (Å²) in [6, 6.07) is 0. The highest BCUT2D eigenvalue weighted by atomic mass is 35.5. The van der Waals surface area contributed by atoms with Gasteiger partial charge in [0.1, 0.15) is 0 Å². The summed E-state index contributed by atoms with van der Waals surface area (Å²) in [6.07, 6.45) is 6.51. The summed E-state index contributed by atoms with van der Waals surface area (Å²) in [5, 5.41) is 0.842. The minimum atomic E-state index is 0.719. The Morgan fingerprint density at radius 3 is 2.46 bits per heavy atom. The summed E-state index contributed by atoms with van der Waals surface area (Å²) < 4.78 is 0. The maximum absolute atomic E-state index is 5.90. The molecule has 13 heavy (non-hydrogen) atoms. The van der Waals surface area contributed by atoms with Gasteiger partial charge in [-0.1, -0.05) is 38.4 Å². The third-order valence-corrected chi connectivity index (χ3v) is 2.08. The van der Waals surface area contributed by atoms with Crippen LogP contribution in [0.1, 0.15) is 33.1 Å². The lowest BCUT2D eigenvalue weighted by Gasteiger charge is -2.00. The number of allylic oxidation sites excluding steroid dienone is 4. The molecule has 0 atom stereocenters. The predicted octanol–water partition coefficient (Wildman–Crippen LogP) is 3.72. The van der Waals surface area contributed by atoms with Crippen molar-refractivity contribution in [3.8, 4) is 0 Å². The maximum atomic E-state index is 5.90. The van der Waals surface area contributed by atoms with E-state index in [9.17, 15) is 0 Å². The van der Waals surface area contributed by atoms with E-state index >= 15 is 0 Å². The van der Waals surface area contributed by atoms with Crippen LogP contribution in [0.25, 0.3) is 0 Å². The molecule has 0 rings (SSSR count). The van der Waals surface area contributed by atoms with E-state index in [1.807, 2.05) is 19.1 Å². The molecule has 0 radical (unpaired) electrons.